The summed E-state index contributed by atoms with van der Waals surface area (Å²) in [5.41, 5.74) is 2.54. The Morgan fingerprint density at radius 1 is 1.21 bits per heavy atom. The molecule has 1 aromatic carbocycles. The first-order chi connectivity index (χ1) is 9.24. The van der Waals surface area contributed by atoms with E-state index >= 15 is 0 Å². The van der Waals surface area contributed by atoms with Gasteiger partial charge in [0.25, 0.3) is 5.91 Å². The fourth-order valence-electron chi connectivity index (χ4n) is 2.04. The molecule has 1 aliphatic rings. The van der Waals surface area contributed by atoms with Crippen LogP contribution in [0.25, 0.3) is 11.0 Å². The van der Waals surface area contributed by atoms with Gasteiger partial charge in [-0.3, -0.25) is 4.79 Å². The van der Waals surface area contributed by atoms with Crippen LogP contribution < -0.4 is 0 Å². The third-order valence-electron chi connectivity index (χ3n) is 3.10. The van der Waals surface area contributed by atoms with E-state index in [1.165, 1.54) is 0 Å². The molecular formula is C13H14N4OS. The molecule has 1 aliphatic heterocycles. The van der Waals surface area contributed by atoms with Gasteiger partial charge in [-0.25, -0.2) is 4.98 Å². The van der Waals surface area contributed by atoms with Crippen LogP contribution in [0.5, 0.6) is 0 Å². The fourth-order valence-corrected chi connectivity index (χ4v) is 2.95. The van der Waals surface area contributed by atoms with Gasteiger partial charge in [0.2, 0.25) is 5.82 Å². The quantitative estimate of drug-likeness (QED) is 0.789. The standard InChI is InChI=1S/C13H14N4OS/c1-9-2-3-10-11(8-9)14-12(16-15-10)13(18)17-4-6-19-7-5-17/h2-3,8H,4-7H2,1H3. The Kier molecular flexibility index (Phi) is 3.33. The Bertz CT molecular complexity index is 625. The number of hydrogen-bond donors (Lipinski definition) is 0. The number of fused-ring (bicyclic) bond motifs is 1. The van der Waals surface area contributed by atoms with Crippen LogP contribution in [0.4, 0.5) is 0 Å². The second-order valence-electron chi connectivity index (χ2n) is 4.53. The second kappa shape index (κ2) is 5.13. The van der Waals surface area contributed by atoms with E-state index in [-0.39, 0.29) is 11.7 Å². The smallest absolute Gasteiger partial charge is 0.293 e. The summed E-state index contributed by atoms with van der Waals surface area (Å²) in [5, 5.41) is 8.03. The third kappa shape index (κ3) is 2.53. The second-order valence-corrected chi connectivity index (χ2v) is 5.76. The number of thioether (sulfide) groups is 1. The topological polar surface area (TPSA) is 59.0 Å². The zero-order valence-electron chi connectivity index (χ0n) is 10.7. The summed E-state index contributed by atoms with van der Waals surface area (Å²) in [4.78, 5) is 18.4. The molecule has 0 spiro atoms. The number of aromatic nitrogens is 3. The van der Waals surface area contributed by atoms with E-state index in [1.807, 2.05) is 36.9 Å². The number of carbonyl (C=O) groups is 1. The first kappa shape index (κ1) is 12.3. The van der Waals surface area contributed by atoms with Crippen LogP contribution in [0.2, 0.25) is 0 Å². The van der Waals surface area contributed by atoms with Crippen LogP contribution in [-0.4, -0.2) is 50.6 Å². The number of carbonyl (C=O) groups excluding carboxylic acids is 1. The maximum absolute atomic E-state index is 12.3. The molecule has 0 radical (unpaired) electrons. The van der Waals surface area contributed by atoms with Crippen LogP contribution in [0.1, 0.15) is 16.2 Å². The van der Waals surface area contributed by atoms with Gasteiger partial charge >= 0.3 is 0 Å². The van der Waals surface area contributed by atoms with Gasteiger partial charge in [-0.05, 0) is 24.6 Å². The minimum absolute atomic E-state index is 0.115. The number of hydrogen-bond acceptors (Lipinski definition) is 5. The molecule has 0 bridgehead atoms. The average molecular weight is 274 g/mol. The summed E-state index contributed by atoms with van der Waals surface area (Å²) in [6, 6.07) is 5.76. The van der Waals surface area contributed by atoms with Gasteiger partial charge in [-0.2, -0.15) is 11.8 Å². The highest BCUT2D eigenvalue weighted by molar-refractivity contribution is 7.99. The Balaban J connectivity index is 1.93. The van der Waals surface area contributed by atoms with Gasteiger partial charge in [0.15, 0.2) is 0 Å². The lowest BCUT2D eigenvalue weighted by Crippen LogP contribution is -2.38. The Hall–Kier alpha value is -1.69. The fraction of sp³-hybridized carbons (Fsp3) is 0.385. The summed E-state index contributed by atoms with van der Waals surface area (Å²) in [7, 11) is 0. The van der Waals surface area contributed by atoms with E-state index in [2.05, 4.69) is 15.2 Å². The van der Waals surface area contributed by atoms with Gasteiger partial charge in [0.1, 0.15) is 5.52 Å². The maximum atomic E-state index is 12.3. The minimum atomic E-state index is -0.115. The molecule has 6 heteroatoms. The molecule has 2 aromatic rings. The van der Waals surface area contributed by atoms with E-state index in [9.17, 15) is 4.79 Å². The van der Waals surface area contributed by atoms with Crippen LogP contribution >= 0.6 is 11.8 Å². The van der Waals surface area contributed by atoms with Gasteiger partial charge in [-0.15, -0.1) is 10.2 Å². The SMILES string of the molecule is Cc1ccc2nnc(C(=O)N3CCSCC3)nc2c1. The Morgan fingerprint density at radius 2 is 2.00 bits per heavy atom. The lowest BCUT2D eigenvalue weighted by Gasteiger charge is -2.25. The summed E-state index contributed by atoms with van der Waals surface area (Å²) in [6.07, 6.45) is 0. The minimum Gasteiger partial charge on any atom is -0.334 e. The van der Waals surface area contributed by atoms with E-state index in [0.717, 1.165) is 41.2 Å². The molecule has 2 heterocycles. The molecule has 0 aliphatic carbocycles. The van der Waals surface area contributed by atoms with Gasteiger partial charge in [0.05, 0.1) is 5.52 Å². The van der Waals surface area contributed by atoms with Crippen molar-refractivity contribution < 1.29 is 4.79 Å². The van der Waals surface area contributed by atoms with Gasteiger partial charge in [0, 0.05) is 24.6 Å². The molecule has 5 nitrogen and oxygen atoms in total. The molecule has 0 saturated carbocycles. The molecule has 1 saturated heterocycles. The molecule has 1 aromatic heterocycles. The number of benzene rings is 1. The molecule has 1 fully saturated rings. The predicted octanol–water partition coefficient (Wildman–Crippen LogP) is 1.52. The average Bonchev–Trinajstić information content (AvgIpc) is 2.46. The molecule has 0 N–H and O–H groups in total. The Morgan fingerprint density at radius 3 is 2.79 bits per heavy atom. The van der Waals surface area contributed by atoms with Crippen molar-refractivity contribution in [3.63, 3.8) is 0 Å². The van der Waals surface area contributed by atoms with Crippen LogP contribution in [0.15, 0.2) is 18.2 Å². The molecule has 0 unspecified atom stereocenters. The van der Waals surface area contributed by atoms with Crippen molar-refractivity contribution in [2.24, 2.45) is 0 Å². The molecule has 98 valence electrons. The van der Waals surface area contributed by atoms with Crippen molar-refractivity contribution in [3.8, 4) is 0 Å². The van der Waals surface area contributed by atoms with Crippen LogP contribution in [0, 0.1) is 6.92 Å². The third-order valence-corrected chi connectivity index (χ3v) is 4.04. The van der Waals surface area contributed by atoms with Crippen molar-refractivity contribution >= 4 is 28.7 Å². The number of rotatable bonds is 1. The molecular weight excluding hydrogens is 260 g/mol. The highest BCUT2D eigenvalue weighted by Gasteiger charge is 2.21. The number of amides is 1. The normalized spacial score (nSPS) is 15.7. The first-order valence-corrected chi connectivity index (χ1v) is 7.37. The highest BCUT2D eigenvalue weighted by atomic mass is 32.2. The number of aryl methyl sites for hydroxylation is 1. The van der Waals surface area contributed by atoms with E-state index in [0.29, 0.717) is 0 Å². The van der Waals surface area contributed by atoms with E-state index in [4.69, 9.17) is 0 Å². The Labute approximate surface area is 115 Å². The summed E-state index contributed by atoms with van der Waals surface area (Å²) >= 11 is 1.87. The lowest BCUT2D eigenvalue weighted by molar-refractivity contribution is 0.0759. The number of nitrogens with zero attached hydrogens (tertiary/aromatic N) is 4. The first-order valence-electron chi connectivity index (χ1n) is 6.22. The lowest BCUT2D eigenvalue weighted by atomic mass is 10.2. The zero-order valence-corrected chi connectivity index (χ0v) is 11.5. The van der Waals surface area contributed by atoms with Gasteiger partial charge in [-0.1, -0.05) is 6.07 Å². The van der Waals surface area contributed by atoms with Crippen molar-refractivity contribution in [3.05, 3.63) is 29.6 Å². The van der Waals surface area contributed by atoms with Crippen molar-refractivity contribution in [2.45, 2.75) is 6.92 Å². The summed E-state index contributed by atoms with van der Waals surface area (Å²) < 4.78 is 0. The van der Waals surface area contributed by atoms with Crippen LogP contribution in [0.3, 0.4) is 0 Å². The van der Waals surface area contributed by atoms with Crippen LogP contribution in [-0.2, 0) is 0 Å². The highest BCUT2D eigenvalue weighted by Crippen LogP contribution is 2.13. The molecule has 19 heavy (non-hydrogen) atoms. The predicted molar refractivity (Wildman–Crippen MR) is 75.3 cm³/mol. The van der Waals surface area contributed by atoms with Gasteiger partial charge < -0.3 is 4.90 Å². The summed E-state index contributed by atoms with van der Waals surface area (Å²) in [5.74, 6) is 2.04. The van der Waals surface area contributed by atoms with Crippen molar-refractivity contribution in [1.82, 2.24) is 20.1 Å². The summed E-state index contributed by atoms with van der Waals surface area (Å²) in [6.45, 7) is 3.52. The van der Waals surface area contributed by atoms with Crippen molar-refractivity contribution in [2.75, 3.05) is 24.6 Å². The monoisotopic (exact) mass is 274 g/mol. The molecule has 0 atom stereocenters. The largest absolute Gasteiger partial charge is 0.334 e. The van der Waals surface area contributed by atoms with E-state index in [1.54, 1.807) is 4.90 Å². The molecule has 3 rings (SSSR count). The molecule has 1 amide bonds. The van der Waals surface area contributed by atoms with Crippen molar-refractivity contribution in [1.29, 1.82) is 0 Å². The van der Waals surface area contributed by atoms with E-state index < -0.39 is 0 Å². The zero-order chi connectivity index (χ0) is 13.2. The maximum Gasteiger partial charge on any atom is 0.293 e.